The summed E-state index contributed by atoms with van der Waals surface area (Å²) in [6.07, 6.45) is 3.36. The highest BCUT2D eigenvalue weighted by Crippen LogP contribution is 2.40. The second-order valence-electron chi connectivity index (χ2n) is 4.68. The molecule has 2 rings (SSSR count). The molecule has 0 amide bonds. The standard InChI is InChI=1S/C15H21ClO2/c1-3-17-14-8-6-12(10-15(14)18-4-2)11-5-7-13(16)9-11/h6,8,10-11,13H,3-5,7,9H2,1-2H3. The van der Waals surface area contributed by atoms with Crippen molar-refractivity contribution in [3.63, 3.8) is 0 Å². The van der Waals surface area contributed by atoms with Crippen molar-refractivity contribution in [2.75, 3.05) is 13.2 Å². The molecule has 1 aliphatic carbocycles. The summed E-state index contributed by atoms with van der Waals surface area (Å²) in [7, 11) is 0. The highest BCUT2D eigenvalue weighted by atomic mass is 35.5. The molecule has 1 saturated carbocycles. The van der Waals surface area contributed by atoms with Gasteiger partial charge in [-0.25, -0.2) is 0 Å². The summed E-state index contributed by atoms with van der Waals surface area (Å²) in [4.78, 5) is 0. The molecular formula is C15H21ClO2. The Labute approximate surface area is 114 Å². The number of benzene rings is 1. The van der Waals surface area contributed by atoms with Crippen molar-refractivity contribution in [2.24, 2.45) is 0 Å². The van der Waals surface area contributed by atoms with Crippen LogP contribution in [0.3, 0.4) is 0 Å². The van der Waals surface area contributed by atoms with Gasteiger partial charge in [0.15, 0.2) is 11.5 Å². The summed E-state index contributed by atoms with van der Waals surface area (Å²) in [5, 5.41) is 0.331. The Balaban J connectivity index is 2.19. The van der Waals surface area contributed by atoms with Crippen molar-refractivity contribution < 1.29 is 9.47 Å². The number of ether oxygens (including phenoxy) is 2. The van der Waals surface area contributed by atoms with Crippen LogP contribution in [0.25, 0.3) is 0 Å². The van der Waals surface area contributed by atoms with Crippen LogP contribution in [0.15, 0.2) is 18.2 Å². The molecule has 0 saturated heterocycles. The summed E-state index contributed by atoms with van der Waals surface area (Å²) in [5.41, 5.74) is 1.32. The SMILES string of the molecule is CCOc1ccc(C2CCC(Cl)C2)cc1OCC. The number of hydrogen-bond acceptors (Lipinski definition) is 2. The first kappa shape index (κ1) is 13.5. The van der Waals surface area contributed by atoms with Crippen molar-refractivity contribution >= 4 is 11.6 Å². The van der Waals surface area contributed by atoms with E-state index in [1.165, 1.54) is 12.0 Å². The van der Waals surface area contributed by atoms with E-state index in [1.54, 1.807) is 0 Å². The van der Waals surface area contributed by atoms with Gasteiger partial charge in [0.1, 0.15) is 0 Å². The van der Waals surface area contributed by atoms with E-state index in [0.29, 0.717) is 24.5 Å². The molecule has 1 fully saturated rings. The lowest BCUT2D eigenvalue weighted by atomic mass is 9.97. The molecule has 0 N–H and O–H groups in total. The van der Waals surface area contributed by atoms with Crippen molar-refractivity contribution in [2.45, 2.75) is 44.4 Å². The zero-order chi connectivity index (χ0) is 13.0. The van der Waals surface area contributed by atoms with Crippen LogP contribution in [0.5, 0.6) is 11.5 Å². The molecular weight excluding hydrogens is 248 g/mol. The predicted octanol–water partition coefficient (Wildman–Crippen LogP) is 4.36. The molecule has 0 radical (unpaired) electrons. The first-order valence-electron chi connectivity index (χ1n) is 6.78. The maximum absolute atomic E-state index is 6.18. The van der Waals surface area contributed by atoms with E-state index in [2.05, 4.69) is 12.1 Å². The van der Waals surface area contributed by atoms with Gasteiger partial charge in [-0.3, -0.25) is 0 Å². The molecule has 1 aromatic rings. The van der Waals surface area contributed by atoms with Gasteiger partial charge in [-0.1, -0.05) is 6.07 Å². The van der Waals surface area contributed by atoms with Crippen molar-refractivity contribution in [3.05, 3.63) is 23.8 Å². The first-order chi connectivity index (χ1) is 8.74. The molecule has 2 unspecified atom stereocenters. The number of halogens is 1. The monoisotopic (exact) mass is 268 g/mol. The van der Waals surface area contributed by atoms with Crippen LogP contribution in [0.2, 0.25) is 0 Å². The molecule has 100 valence electrons. The molecule has 0 heterocycles. The van der Waals surface area contributed by atoms with Crippen LogP contribution < -0.4 is 9.47 Å². The molecule has 0 aromatic heterocycles. The third kappa shape index (κ3) is 3.11. The Morgan fingerprint density at radius 2 is 1.83 bits per heavy atom. The van der Waals surface area contributed by atoms with E-state index in [0.717, 1.165) is 24.3 Å². The van der Waals surface area contributed by atoms with Gasteiger partial charge < -0.3 is 9.47 Å². The molecule has 3 heteroatoms. The summed E-state index contributed by atoms with van der Waals surface area (Å²) < 4.78 is 11.2. The fourth-order valence-corrected chi connectivity index (χ4v) is 2.89. The molecule has 0 spiro atoms. The normalized spacial score (nSPS) is 23.1. The summed E-state index contributed by atoms with van der Waals surface area (Å²) in [6, 6.07) is 6.28. The second-order valence-corrected chi connectivity index (χ2v) is 5.30. The number of alkyl halides is 1. The quantitative estimate of drug-likeness (QED) is 0.739. The summed E-state index contributed by atoms with van der Waals surface area (Å²) in [5.74, 6) is 2.26. The van der Waals surface area contributed by atoms with E-state index in [9.17, 15) is 0 Å². The van der Waals surface area contributed by atoms with Gasteiger partial charge in [0.2, 0.25) is 0 Å². The zero-order valence-electron chi connectivity index (χ0n) is 11.1. The smallest absolute Gasteiger partial charge is 0.161 e. The lowest BCUT2D eigenvalue weighted by Crippen LogP contribution is -2.01. The largest absolute Gasteiger partial charge is 0.490 e. The number of hydrogen-bond donors (Lipinski definition) is 0. The van der Waals surface area contributed by atoms with Crippen molar-refractivity contribution in [1.82, 2.24) is 0 Å². The van der Waals surface area contributed by atoms with Gasteiger partial charge in [-0.2, -0.15) is 0 Å². The minimum Gasteiger partial charge on any atom is -0.490 e. The molecule has 1 aromatic carbocycles. The van der Waals surface area contributed by atoms with Crippen LogP contribution in [-0.4, -0.2) is 18.6 Å². The van der Waals surface area contributed by atoms with Crippen LogP contribution in [0.1, 0.15) is 44.6 Å². The average molecular weight is 269 g/mol. The van der Waals surface area contributed by atoms with Gasteiger partial charge >= 0.3 is 0 Å². The van der Waals surface area contributed by atoms with Gasteiger partial charge in [-0.15, -0.1) is 11.6 Å². The van der Waals surface area contributed by atoms with Gasteiger partial charge in [0.05, 0.1) is 13.2 Å². The average Bonchev–Trinajstić information content (AvgIpc) is 2.79. The Bertz CT molecular complexity index is 392. The van der Waals surface area contributed by atoms with Gasteiger partial charge in [-0.05, 0) is 56.7 Å². The van der Waals surface area contributed by atoms with Crippen LogP contribution in [0, 0.1) is 0 Å². The molecule has 2 nitrogen and oxygen atoms in total. The third-order valence-corrected chi connectivity index (χ3v) is 3.80. The Hall–Kier alpha value is -0.890. The minimum atomic E-state index is 0.331. The van der Waals surface area contributed by atoms with E-state index >= 15 is 0 Å². The van der Waals surface area contributed by atoms with Crippen LogP contribution in [0.4, 0.5) is 0 Å². The lowest BCUT2D eigenvalue weighted by molar-refractivity contribution is 0.287. The highest BCUT2D eigenvalue weighted by molar-refractivity contribution is 6.20. The fourth-order valence-electron chi connectivity index (χ4n) is 2.55. The highest BCUT2D eigenvalue weighted by Gasteiger charge is 2.25. The fraction of sp³-hybridized carbons (Fsp3) is 0.600. The summed E-state index contributed by atoms with van der Waals surface area (Å²) >= 11 is 6.18. The lowest BCUT2D eigenvalue weighted by Gasteiger charge is -2.15. The maximum Gasteiger partial charge on any atom is 0.161 e. The molecule has 2 atom stereocenters. The zero-order valence-corrected chi connectivity index (χ0v) is 11.9. The predicted molar refractivity (Wildman–Crippen MR) is 75.0 cm³/mol. The first-order valence-corrected chi connectivity index (χ1v) is 7.21. The van der Waals surface area contributed by atoms with E-state index < -0.39 is 0 Å². The third-order valence-electron chi connectivity index (χ3n) is 3.41. The van der Waals surface area contributed by atoms with Crippen LogP contribution in [-0.2, 0) is 0 Å². The Morgan fingerprint density at radius 3 is 2.44 bits per heavy atom. The van der Waals surface area contributed by atoms with E-state index in [1.807, 2.05) is 19.9 Å². The molecule has 0 bridgehead atoms. The van der Waals surface area contributed by atoms with Crippen molar-refractivity contribution in [1.29, 1.82) is 0 Å². The second kappa shape index (κ2) is 6.33. The molecule has 0 aliphatic heterocycles. The van der Waals surface area contributed by atoms with Crippen molar-refractivity contribution in [3.8, 4) is 11.5 Å². The van der Waals surface area contributed by atoms with Gasteiger partial charge in [0.25, 0.3) is 0 Å². The maximum atomic E-state index is 6.18. The topological polar surface area (TPSA) is 18.5 Å². The van der Waals surface area contributed by atoms with E-state index in [-0.39, 0.29) is 0 Å². The van der Waals surface area contributed by atoms with E-state index in [4.69, 9.17) is 21.1 Å². The molecule has 1 aliphatic rings. The molecule has 18 heavy (non-hydrogen) atoms. The number of rotatable bonds is 5. The Kier molecular flexibility index (Phi) is 4.76. The Morgan fingerprint density at radius 1 is 1.11 bits per heavy atom. The van der Waals surface area contributed by atoms with Gasteiger partial charge in [0, 0.05) is 5.38 Å². The summed E-state index contributed by atoms with van der Waals surface area (Å²) in [6.45, 7) is 5.30. The van der Waals surface area contributed by atoms with Crippen LogP contribution >= 0.6 is 11.6 Å². The minimum absolute atomic E-state index is 0.331.